The zero-order valence-electron chi connectivity index (χ0n) is 20.9. The van der Waals surface area contributed by atoms with Crippen LogP contribution in [0.4, 0.5) is 25.4 Å². The van der Waals surface area contributed by atoms with Crippen molar-refractivity contribution in [2.75, 3.05) is 23.7 Å². The van der Waals surface area contributed by atoms with E-state index in [-0.39, 0.29) is 30.8 Å². The van der Waals surface area contributed by atoms with E-state index in [4.69, 9.17) is 21.4 Å². The first kappa shape index (κ1) is 26.9. The summed E-state index contributed by atoms with van der Waals surface area (Å²) in [6, 6.07) is 15.3. The van der Waals surface area contributed by atoms with E-state index in [2.05, 4.69) is 16.0 Å². The zero-order valence-corrected chi connectivity index (χ0v) is 21.7. The highest BCUT2D eigenvalue weighted by atomic mass is 35.5. The largest absolute Gasteiger partial charge is 0.465 e. The lowest BCUT2D eigenvalue weighted by Gasteiger charge is -2.35. The first-order valence-corrected chi connectivity index (χ1v) is 12.7. The molecule has 4 N–H and O–H groups in total. The van der Waals surface area contributed by atoms with Crippen molar-refractivity contribution in [3.8, 4) is 0 Å². The van der Waals surface area contributed by atoms with Crippen LogP contribution in [0.3, 0.4) is 0 Å². The minimum absolute atomic E-state index is 0.0535. The number of carbonyl (C=O) groups is 4. The third-order valence-corrected chi connectivity index (χ3v) is 7.13. The molecular weight excluding hydrogens is 543 g/mol. The molecule has 0 saturated carbocycles. The number of carbonyl (C=O) groups excluding carboxylic acids is 3. The number of hydrogen-bond donors (Lipinski definition) is 4. The molecule has 0 aromatic heterocycles. The van der Waals surface area contributed by atoms with Gasteiger partial charge in [0.2, 0.25) is 5.91 Å². The van der Waals surface area contributed by atoms with Crippen molar-refractivity contribution < 1.29 is 33.4 Å². The Hall–Kier alpha value is -4.64. The van der Waals surface area contributed by atoms with Crippen molar-refractivity contribution in [2.24, 2.45) is 0 Å². The molecule has 0 radical (unpaired) electrons. The lowest BCUT2D eigenvalue weighted by atomic mass is 9.90. The fourth-order valence-corrected chi connectivity index (χ4v) is 5.16. The molecule has 12 heteroatoms. The molecule has 5 rings (SSSR count). The fourth-order valence-electron chi connectivity index (χ4n) is 4.99. The molecule has 3 aromatic rings. The molecule has 1 spiro atoms. The Morgan fingerprint density at radius 1 is 1.10 bits per heavy atom. The SMILES string of the molecule is O=C(O)Nc1ccc(C(=O)N[C@@H](Cc2ccc(F)cc2)C(=O)N2CC[C@@]3(C2)OC(=O)Nc2ccc(Cl)cc23)cc1. The first-order chi connectivity index (χ1) is 19.1. The lowest BCUT2D eigenvalue weighted by Crippen LogP contribution is -2.50. The number of likely N-dealkylation sites (tertiary alicyclic amines) is 1. The lowest BCUT2D eigenvalue weighted by molar-refractivity contribution is -0.133. The van der Waals surface area contributed by atoms with E-state index in [1.165, 1.54) is 53.4 Å². The summed E-state index contributed by atoms with van der Waals surface area (Å²) in [4.78, 5) is 51.7. The van der Waals surface area contributed by atoms with Crippen LogP contribution in [-0.2, 0) is 21.6 Å². The molecular formula is C28H24ClFN4O6. The van der Waals surface area contributed by atoms with Crippen molar-refractivity contribution in [3.63, 3.8) is 0 Å². The molecule has 206 valence electrons. The van der Waals surface area contributed by atoms with E-state index in [1.54, 1.807) is 18.2 Å². The molecule has 2 aliphatic heterocycles. The molecule has 10 nitrogen and oxygen atoms in total. The minimum Gasteiger partial charge on any atom is -0.465 e. The van der Waals surface area contributed by atoms with E-state index in [0.717, 1.165) is 0 Å². The number of carboxylic acid groups (broad SMARTS) is 1. The molecule has 40 heavy (non-hydrogen) atoms. The molecule has 1 saturated heterocycles. The summed E-state index contributed by atoms with van der Waals surface area (Å²) >= 11 is 6.22. The number of anilines is 2. The maximum atomic E-state index is 13.8. The number of halogens is 2. The average Bonchev–Trinajstić information content (AvgIpc) is 3.33. The van der Waals surface area contributed by atoms with Crippen LogP contribution in [0.15, 0.2) is 66.7 Å². The van der Waals surface area contributed by atoms with Crippen LogP contribution in [0.5, 0.6) is 0 Å². The van der Waals surface area contributed by atoms with E-state index in [1.807, 2.05) is 0 Å². The van der Waals surface area contributed by atoms with Crippen LogP contribution < -0.4 is 16.0 Å². The number of rotatable bonds is 6. The number of hydrogen-bond acceptors (Lipinski definition) is 5. The van der Waals surface area contributed by atoms with Crippen LogP contribution in [0, 0.1) is 5.82 Å². The van der Waals surface area contributed by atoms with E-state index in [9.17, 15) is 23.6 Å². The second-order valence-corrected chi connectivity index (χ2v) is 10.0. The topological polar surface area (TPSA) is 137 Å². The van der Waals surface area contributed by atoms with E-state index in [0.29, 0.717) is 28.3 Å². The Morgan fingerprint density at radius 3 is 2.52 bits per heavy atom. The third-order valence-electron chi connectivity index (χ3n) is 6.90. The van der Waals surface area contributed by atoms with Gasteiger partial charge in [-0.15, -0.1) is 0 Å². The smallest absolute Gasteiger partial charge is 0.412 e. The Labute approximate surface area is 233 Å². The van der Waals surface area contributed by atoms with E-state index >= 15 is 0 Å². The van der Waals surface area contributed by atoms with Gasteiger partial charge in [0.25, 0.3) is 5.91 Å². The zero-order chi connectivity index (χ0) is 28.4. The summed E-state index contributed by atoms with van der Waals surface area (Å²) in [6.45, 7) is 0.307. The number of fused-ring (bicyclic) bond motifs is 2. The second-order valence-electron chi connectivity index (χ2n) is 9.57. The minimum atomic E-state index is -1.24. The van der Waals surface area contributed by atoms with Gasteiger partial charge in [-0.05, 0) is 60.2 Å². The fraction of sp³-hybridized carbons (Fsp3) is 0.214. The third kappa shape index (κ3) is 5.69. The van der Waals surface area contributed by atoms with Crippen LogP contribution in [0.1, 0.15) is 27.9 Å². The summed E-state index contributed by atoms with van der Waals surface area (Å²) in [6.07, 6.45) is -1.47. The van der Waals surface area contributed by atoms with Crippen molar-refractivity contribution in [2.45, 2.75) is 24.5 Å². The highest BCUT2D eigenvalue weighted by Gasteiger charge is 2.49. The number of benzene rings is 3. The number of nitrogens with zero attached hydrogens (tertiary/aromatic N) is 1. The Morgan fingerprint density at radius 2 is 1.82 bits per heavy atom. The molecule has 0 aliphatic carbocycles. The maximum Gasteiger partial charge on any atom is 0.412 e. The van der Waals surface area contributed by atoms with E-state index < -0.39 is 41.5 Å². The quantitative estimate of drug-likeness (QED) is 0.344. The van der Waals surface area contributed by atoms with Gasteiger partial charge in [-0.2, -0.15) is 0 Å². The molecule has 1 fully saturated rings. The van der Waals surface area contributed by atoms with Crippen LogP contribution in [0.25, 0.3) is 0 Å². The monoisotopic (exact) mass is 566 g/mol. The number of amides is 4. The van der Waals surface area contributed by atoms with Crippen molar-refractivity contribution in [3.05, 3.63) is 94.3 Å². The van der Waals surface area contributed by atoms with Gasteiger partial charge in [-0.25, -0.2) is 14.0 Å². The summed E-state index contributed by atoms with van der Waals surface area (Å²) in [5.41, 5.74) is 1.22. The molecule has 2 atom stereocenters. The standard InChI is InChI=1S/C28H24ClFN4O6/c29-18-5-10-22-21(14-18)28(40-27(39)33-22)11-12-34(15-28)25(36)23(13-16-1-6-19(30)7-2-16)32-24(35)17-3-8-20(9-4-17)31-26(37)38/h1-10,14,23,31H,11-13,15H2,(H,32,35)(H,33,39)(H,37,38)/t23-,28-/m0/s1. The number of ether oxygens (including phenoxy) is 1. The second kappa shape index (κ2) is 10.9. The van der Waals surface area contributed by atoms with Gasteiger partial charge >= 0.3 is 12.2 Å². The number of nitrogens with one attached hydrogen (secondary N) is 3. The van der Waals surface area contributed by atoms with Crippen LogP contribution >= 0.6 is 11.6 Å². The highest BCUT2D eigenvalue weighted by molar-refractivity contribution is 6.30. The molecule has 2 heterocycles. The summed E-state index contributed by atoms with van der Waals surface area (Å²) < 4.78 is 19.2. The van der Waals surface area contributed by atoms with Crippen molar-refractivity contribution in [1.29, 1.82) is 0 Å². The molecule has 0 bridgehead atoms. The first-order valence-electron chi connectivity index (χ1n) is 12.4. The summed E-state index contributed by atoms with van der Waals surface area (Å²) in [5, 5.41) is 16.9. The van der Waals surface area contributed by atoms with Gasteiger partial charge in [-0.1, -0.05) is 23.7 Å². The molecule has 2 aliphatic rings. The van der Waals surface area contributed by atoms with Gasteiger partial charge in [0.15, 0.2) is 5.60 Å². The van der Waals surface area contributed by atoms with Crippen LogP contribution in [0.2, 0.25) is 5.02 Å². The van der Waals surface area contributed by atoms with Gasteiger partial charge < -0.3 is 20.1 Å². The van der Waals surface area contributed by atoms with Gasteiger partial charge in [0, 0.05) is 41.2 Å². The molecule has 0 unspecified atom stereocenters. The predicted octanol–water partition coefficient (Wildman–Crippen LogP) is 4.60. The average molecular weight is 567 g/mol. The van der Waals surface area contributed by atoms with Crippen molar-refractivity contribution in [1.82, 2.24) is 10.2 Å². The predicted molar refractivity (Wildman–Crippen MR) is 144 cm³/mol. The van der Waals surface area contributed by atoms with Gasteiger partial charge in [-0.3, -0.25) is 20.2 Å². The normalized spacial score (nSPS) is 18.4. The van der Waals surface area contributed by atoms with Crippen LogP contribution in [-0.4, -0.2) is 53.1 Å². The van der Waals surface area contributed by atoms with Gasteiger partial charge in [0.1, 0.15) is 11.9 Å². The Balaban J connectivity index is 1.38. The maximum absolute atomic E-state index is 13.8. The summed E-state index contributed by atoms with van der Waals surface area (Å²) in [7, 11) is 0. The summed E-state index contributed by atoms with van der Waals surface area (Å²) in [5.74, 6) is -1.39. The highest BCUT2D eigenvalue weighted by Crippen LogP contribution is 2.43. The van der Waals surface area contributed by atoms with Gasteiger partial charge in [0.05, 0.1) is 12.2 Å². The Kier molecular flexibility index (Phi) is 7.31. The molecule has 3 aromatic carbocycles. The Bertz CT molecular complexity index is 1480. The van der Waals surface area contributed by atoms with Crippen molar-refractivity contribution >= 4 is 47.0 Å². The molecule has 4 amide bonds.